The maximum absolute atomic E-state index is 12.4. The zero-order valence-electron chi connectivity index (χ0n) is 15.4. The first-order valence-electron chi connectivity index (χ1n) is 8.53. The summed E-state index contributed by atoms with van der Waals surface area (Å²) in [5.41, 5.74) is 2.31. The number of ether oxygens (including phenoxy) is 2. The molecular formula is C23H15BrClNO3. The molecule has 0 aliphatic carbocycles. The third-order valence-electron chi connectivity index (χ3n) is 4.04. The monoisotopic (exact) mass is 467 g/mol. The van der Waals surface area contributed by atoms with Gasteiger partial charge in [-0.1, -0.05) is 45.7 Å². The van der Waals surface area contributed by atoms with E-state index in [1.807, 2.05) is 6.07 Å². The topological polar surface area (TPSA) is 59.3 Å². The van der Waals surface area contributed by atoms with E-state index in [-0.39, 0.29) is 0 Å². The zero-order valence-corrected chi connectivity index (χ0v) is 17.7. The SMILES string of the molecule is COc1cc(/C=C(/C#N)c2cccc(Cl)c2)ccc1OC(=O)c1ccc(Br)cc1. The molecule has 3 rings (SSSR count). The van der Waals surface area contributed by atoms with Crippen molar-refractivity contribution in [1.82, 2.24) is 0 Å². The molecule has 3 aromatic carbocycles. The largest absolute Gasteiger partial charge is 0.493 e. The molecule has 0 saturated heterocycles. The molecule has 0 atom stereocenters. The molecule has 0 fully saturated rings. The van der Waals surface area contributed by atoms with E-state index in [9.17, 15) is 10.1 Å². The van der Waals surface area contributed by atoms with Crippen LogP contribution in [0.3, 0.4) is 0 Å². The van der Waals surface area contributed by atoms with Crippen LogP contribution in [0.2, 0.25) is 5.02 Å². The molecule has 0 aliphatic rings. The zero-order chi connectivity index (χ0) is 20.8. The third-order valence-corrected chi connectivity index (χ3v) is 4.80. The second kappa shape index (κ2) is 9.42. The maximum atomic E-state index is 12.4. The highest BCUT2D eigenvalue weighted by Gasteiger charge is 2.13. The van der Waals surface area contributed by atoms with E-state index >= 15 is 0 Å². The predicted octanol–water partition coefficient (Wildman–Crippen LogP) is 6.39. The van der Waals surface area contributed by atoms with Crippen LogP contribution in [0.5, 0.6) is 11.5 Å². The molecule has 0 saturated carbocycles. The summed E-state index contributed by atoms with van der Waals surface area (Å²) in [4.78, 5) is 12.4. The summed E-state index contributed by atoms with van der Waals surface area (Å²) in [7, 11) is 1.49. The minimum Gasteiger partial charge on any atom is -0.493 e. The highest BCUT2D eigenvalue weighted by atomic mass is 79.9. The Morgan fingerprint density at radius 1 is 1.03 bits per heavy atom. The van der Waals surface area contributed by atoms with Gasteiger partial charge in [0, 0.05) is 9.50 Å². The summed E-state index contributed by atoms with van der Waals surface area (Å²) in [5.74, 6) is 0.183. The Balaban J connectivity index is 1.87. The van der Waals surface area contributed by atoms with Gasteiger partial charge >= 0.3 is 5.97 Å². The van der Waals surface area contributed by atoms with E-state index in [2.05, 4.69) is 22.0 Å². The number of carbonyl (C=O) groups is 1. The van der Waals surface area contributed by atoms with Crippen LogP contribution in [-0.4, -0.2) is 13.1 Å². The molecule has 6 heteroatoms. The summed E-state index contributed by atoms with van der Waals surface area (Å²) in [5, 5.41) is 10.1. The van der Waals surface area contributed by atoms with Crippen molar-refractivity contribution in [2.75, 3.05) is 7.11 Å². The molecule has 0 bridgehead atoms. The highest BCUT2D eigenvalue weighted by molar-refractivity contribution is 9.10. The fraction of sp³-hybridized carbons (Fsp3) is 0.0435. The first kappa shape index (κ1) is 20.7. The Labute approximate surface area is 182 Å². The van der Waals surface area contributed by atoms with Gasteiger partial charge in [-0.3, -0.25) is 0 Å². The van der Waals surface area contributed by atoms with E-state index in [4.69, 9.17) is 21.1 Å². The average Bonchev–Trinajstić information content (AvgIpc) is 2.73. The smallest absolute Gasteiger partial charge is 0.343 e. The first-order valence-corrected chi connectivity index (χ1v) is 9.71. The number of halogens is 2. The number of methoxy groups -OCH3 is 1. The molecule has 144 valence electrons. The average molecular weight is 469 g/mol. The van der Waals surface area contributed by atoms with Gasteiger partial charge in [-0.25, -0.2) is 4.79 Å². The van der Waals surface area contributed by atoms with E-state index in [0.29, 0.717) is 33.2 Å². The van der Waals surface area contributed by atoms with Gasteiger partial charge in [0.25, 0.3) is 0 Å². The summed E-state index contributed by atoms with van der Waals surface area (Å²) in [6.07, 6.45) is 1.72. The number of nitriles is 1. The van der Waals surface area contributed by atoms with Crippen LogP contribution in [0.1, 0.15) is 21.5 Å². The minimum absolute atomic E-state index is 0.291. The van der Waals surface area contributed by atoms with Crippen molar-refractivity contribution >= 4 is 45.1 Å². The predicted molar refractivity (Wildman–Crippen MR) is 117 cm³/mol. The number of carbonyl (C=O) groups excluding carboxylic acids is 1. The Hall–Kier alpha value is -3.07. The van der Waals surface area contributed by atoms with Gasteiger partial charge < -0.3 is 9.47 Å². The molecule has 0 unspecified atom stereocenters. The number of benzene rings is 3. The van der Waals surface area contributed by atoms with Gasteiger partial charge in [-0.15, -0.1) is 0 Å². The van der Waals surface area contributed by atoms with Crippen LogP contribution in [0.4, 0.5) is 0 Å². The summed E-state index contributed by atoms with van der Waals surface area (Å²) in [6, 6.07) is 21.2. The quantitative estimate of drug-likeness (QED) is 0.188. The maximum Gasteiger partial charge on any atom is 0.343 e. The van der Waals surface area contributed by atoms with Crippen molar-refractivity contribution < 1.29 is 14.3 Å². The summed E-state index contributed by atoms with van der Waals surface area (Å²) in [6.45, 7) is 0. The fourth-order valence-corrected chi connectivity index (χ4v) is 3.06. The van der Waals surface area contributed by atoms with Crippen molar-refractivity contribution in [1.29, 1.82) is 5.26 Å². The molecule has 0 heterocycles. The molecule has 0 spiro atoms. The number of hydrogen-bond acceptors (Lipinski definition) is 4. The number of hydrogen-bond donors (Lipinski definition) is 0. The number of allylic oxidation sites excluding steroid dienone is 1. The second-order valence-electron chi connectivity index (χ2n) is 5.99. The molecule has 0 aromatic heterocycles. The first-order chi connectivity index (χ1) is 14.0. The van der Waals surface area contributed by atoms with Gasteiger partial charge in [-0.2, -0.15) is 5.26 Å². The lowest BCUT2D eigenvalue weighted by atomic mass is 10.0. The van der Waals surface area contributed by atoms with Crippen LogP contribution in [0.25, 0.3) is 11.6 Å². The van der Waals surface area contributed by atoms with Gasteiger partial charge in [0.05, 0.1) is 24.3 Å². The lowest BCUT2D eigenvalue weighted by Gasteiger charge is -2.10. The molecule has 0 aliphatic heterocycles. The number of nitrogens with zero attached hydrogens (tertiary/aromatic N) is 1. The minimum atomic E-state index is -0.490. The number of esters is 1. The molecule has 0 radical (unpaired) electrons. The Kier molecular flexibility index (Phi) is 6.71. The standard InChI is InChI=1S/C23H15BrClNO3/c1-28-22-12-15(11-18(14-26)17-3-2-4-20(25)13-17)5-10-21(22)29-23(27)16-6-8-19(24)9-7-16/h2-13H,1H3/b18-11-. The van der Waals surface area contributed by atoms with Crippen LogP contribution in [0.15, 0.2) is 71.2 Å². The summed E-state index contributed by atoms with van der Waals surface area (Å²) < 4.78 is 11.7. The fourth-order valence-electron chi connectivity index (χ4n) is 2.61. The Morgan fingerprint density at radius 2 is 1.79 bits per heavy atom. The van der Waals surface area contributed by atoms with E-state index in [0.717, 1.165) is 10.0 Å². The molecule has 29 heavy (non-hydrogen) atoms. The van der Waals surface area contributed by atoms with Crippen LogP contribution in [-0.2, 0) is 0 Å². The molecular weight excluding hydrogens is 454 g/mol. The lowest BCUT2D eigenvalue weighted by molar-refractivity contribution is 0.0729. The molecule has 4 nitrogen and oxygen atoms in total. The number of rotatable bonds is 5. The van der Waals surface area contributed by atoms with Gasteiger partial charge in [0.2, 0.25) is 0 Å². The lowest BCUT2D eigenvalue weighted by Crippen LogP contribution is -2.09. The van der Waals surface area contributed by atoms with E-state index < -0.39 is 5.97 Å². The van der Waals surface area contributed by atoms with Gasteiger partial charge in [0.1, 0.15) is 0 Å². The van der Waals surface area contributed by atoms with Crippen LogP contribution >= 0.6 is 27.5 Å². The molecule has 0 amide bonds. The third kappa shape index (κ3) is 5.26. The van der Waals surface area contributed by atoms with Crippen LogP contribution < -0.4 is 9.47 Å². The van der Waals surface area contributed by atoms with Crippen molar-refractivity contribution in [3.63, 3.8) is 0 Å². The van der Waals surface area contributed by atoms with Gasteiger partial charge in [-0.05, 0) is 65.7 Å². The normalized spacial score (nSPS) is 10.9. The second-order valence-corrected chi connectivity index (χ2v) is 7.34. The van der Waals surface area contributed by atoms with Crippen molar-refractivity contribution in [3.8, 4) is 17.6 Å². The van der Waals surface area contributed by atoms with Crippen molar-refractivity contribution in [2.45, 2.75) is 0 Å². The van der Waals surface area contributed by atoms with E-state index in [1.165, 1.54) is 7.11 Å². The Morgan fingerprint density at radius 3 is 2.45 bits per heavy atom. The van der Waals surface area contributed by atoms with Crippen molar-refractivity contribution in [2.24, 2.45) is 0 Å². The Bertz CT molecular complexity index is 1120. The van der Waals surface area contributed by atoms with Crippen LogP contribution in [0, 0.1) is 11.3 Å². The highest BCUT2D eigenvalue weighted by Crippen LogP contribution is 2.31. The molecule has 3 aromatic rings. The molecule has 0 N–H and O–H groups in total. The summed E-state index contributed by atoms with van der Waals surface area (Å²) >= 11 is 9.35. The van der Waals surface area contributed by atoms with Crippen molar-refractivity contribution in [3.05, 3.63) is 92.9 Å². The van der Waals surface area contributed by atoms with Gasteiger partial charge in [0.15, 0.2) is 11.5 Å². The van der Waals surface area contributed by atoms with E-state index in [1.54, 1.807) is 66.7 Å².